The highest BCUT2D eigenvalue weighted by Gasteiger charge is 2.36. The van der Waals surface area contributed by atoms with Crippen LogP contribution in [0.1, 0.15) is 32.1 Å². The molecule has 0 aromatic heterocycles. The van der Waals surface area contributed by atoms with E-state index in [1.54, 1.807) is 4.90 Å². The molecule has 0 unspecified atom stereocenters. The van der Waals surface area contributed by atoms with E-state index in [4.69, 9.17) is 10.8 Å². The van der Waals surface area contributed by atoms with Crippen molar-refractivity contribution in [1.29, 1.82) is 0 Å². The molecule has 0 aromatic carbocycles. The van der Waals surface area contributed by atoms with E-state index in [0.29, 0.717) is 13.1 Å². The summed E-state index contributed by atoms with van der Waals surface area (Å²) in [5.74, 6) is -0.285. The first kappa shape index (κ1) is 12.4. The molecule has 0 radical (unpaired) electrons. The molecule has 2 fully saturated rings. The van der Waals surface area contributed by atoms with Crippen molar-refractivity contribution in [1.82, 2.24) is 4.90 Å². The van der Waals surface area contributed by atoms with Gasteiger partial charge in [0.25, 0.3) is 0 Å². The van der Waals surface area contributed by atoms with Crippen LogP contribution in [-0.4, -0.2) is 41.0 Å². The average Bonchev–Trinajstić information content (AvgIpc) is 2.23. The van der Waals surface area contributed by atoms with Crippen molar-refractivity contribution < 1.29 is 14.7 Å². The second-order valence-electron chi connectivity index (χ2n) is 5.32. The molecule has 0 atom stereocenters. The Morgan fingerprint density at radius 3 is 2.29 bits per heavy atom. The summed E-state index contributed by atoms with van der Waals surface area (Å²) in [5, 5.41) is 8.63. The van der Waals surface area contributed by atoms with Gasteiger partial charge in [-0.15, -0.1) is 0 Å². The van der Waals surface area contributed by atoms with Gasteiger partial charge in [0.1, 0.15) is 0 Å². The third-order valence-corrected chi connectivity index (χ3v) is 3.85. The SMILES string of the molecule is NC1CCC(C(=O)N2CC(CC(=O)O)C2)CC1. The zero-order valence-corrected chi connectivity index (χ0v) is 9.97. The third-order valence-electron chi connectivity index (χ3n) is 3.85. The average molecular weight is 240 g/mol. The monoisotopic (exact) mass is 240 g/mol. The van der Waals surface area contributed by atoms with Gasteiger partial charge in [-0.2, -0.15) is 0 Å². The van der Waals surface area contributed by atoms with Crippen molar-refractivity contribution in [2.75, 3.05) is 13.1 Å². The number of carboxylic acids is 1. The van der Waals surface area contributed by atoms with E-state index in [1.165, 1.54) is 0 Å². The van der Waals surface area contributed by atoms with E-state index < -0.39 is 5.97 Å². The summed E-state index contributed by atoms with van der Waals surface area (Å²) in [6, 6.07) is 0.259. The van der Waals surface area contributed by atoms with E-state index in [1.807, 2.05) is 0 Å². The molecule has 17 heavy (non-hydrogen) atoms. The Hall–Kier alpha value is -1.10. The summed E-state index contributed by atoms with van der Waals surface area (Å²) in [5.41, 5.74) is 5.81. The molecular formula is C12H20N2O3. The smallest absolute Gasteiger partial charge is 0.303 e. The van der Waals surface area contributed by atoms with Crippen LogP contribution >= 0.6 is 0 Å². The van der Waals surface area contributed by atoms with Crippen LogP contribution in [0.5, 0.6) is 0 Å². The first-order chi connectivity index (χ1) is 8.06. The normalized spacial score (nSPS) is 29.8. The van der Waals surface area contributed by atoms with Gasteiger partial charge in [-0.1, -0.05) is 0 Å². The highest BCUT2D eigenvalue weighted by molar-refractivity contribution is 5.80. The maximum Gasteiger partial charge on any atom is 0.303 e. The topological polar surface area (TPSA) is 83.6 Å². The highest BCUT2D eigenvalue weighted by Crippen LogP contribution is 2.28. The fraction of sp³-hybridized carbons (Fsp3) is 0.833. The minimum Gasteiger partial charge on any atom is -0.481 e. The number of hydrogen-bond acceptors (Lipinski definition) is 3. The predicted molar refractivity (Wildman–Crippen MR) is 62.3 cm³/mol. The van der Waals surface area contributed by atoms with E-state index in [9.17, 15) is 9.59 Å². The van der Waals surface area contributed by atoms with Crippen LogP contribution in [0.15, 0.2) is 0 Å². The van der Waals surface area contributed by atoms with Gasteiger partial charge in [0.15, 0.2) is 0 Å². The van der Waals surface area contributed by atoms with Gasteiger partial charge < -0.3 is 15.7 Å². The molecule has 1 aliphatic carbocycles. The zero-order chi connectivity index (χ0) is 12.4. The Labute approximate surface area is 101 Å². The van der Waals surface area contributed by atoms with Crippen LogP contribution in [0.4, 0.5) is 0 Å². The van der Waals surface area contributed by atoms with Crippen LogP contribution in [0.25, 0.3) is 0 Å². The number of nitrogens with zero attached hydrogens (tertiary/aromatic N) is 1. The second-order valence-corrected chi connectivity index (χ2v) is 5.32. The maximum atomic E-state index is 12.1. The van der Waals surface area contributed by atoms with Gasteiger partial charge in [-0.3, -0.25) is 9.59 Å². The molecule has 5 nitrogen and oxygen atoms in total. The van der Waals surface area contributed by atoms with Gasteiger partial charge >= 0.3 is 5.97 Å². The number of carbonyl (C=O) groups is 2. The molecule has 0 spiro atoms. The quantitative estimate of drug-likeness (QED) is 0.749. The van der Waals surface area contributed by atoms with Crippen LogP contribution in [0.3, 0.4) is 0 Å². The number of amides is 1. The molecular weight excluding hydrogens is 220 g/mol. The van der Waals surface area contributed by atoms with Crippen LogP contribution in [-0.2, 0) is 9.59 Å². The molecule has 96 valence electrons. The number of carboxylic acid groups (broad SMARTS) is 1. The lowest BCUT2D eigenvalue weighted by molar-refractivity contribution is -0.148. The summed E-state index contributed by atoms with van der Waals surface area (Å²) in [7, 11) is 0. The third kappa shape index (κ3) is 2.97. The Balaban J connectivity index is 1.73. The van der Waals surface area contributed by atoms with Crippen molar-refractivity contribution in [2.45, 2.75) is 38.1 Å². The summed E-state index contributed by atoms with van der Waals surface area (Å²) in [6.45, 7) is 1.24. The van der Waals surface area contributed by atoms with Gasteiger partial charge in [0, 0.05) is 31.0 Å². The molecule has 1 amide bonds. The van der Waals surface area contributed by atoms with E-state index in [2.05, 4.69) is 0 Å². The number of hydrogen-bond donors (Lipinski definition) is 2. The van der Waals surface area contributed by atoms with Gasteiger partial charge in [-0.25, -0.2) is 0 Å². The van der Waals surface area contributed by atoms with Crippen LogP contribution in [0, 0.1) is 11.8 Å². The first-order valence-corrected chi connectivity index (χ1v) is 6.32. The number of aliphatic carboxylic acids is 1. The number of carbonyl (C=O) groups excluding carboxylic acids is 1. The molecule has 1 heterocycles. The molecule has 1 aliphatic heterocycles. The number of nitrogens with two attached hydrogens (primary N) is 1. The second kappa shape index (κ2) is 5.04. The Morgan fingerprint density at radius 2 is 1.76 bits per heavy atom. The Morgan fingerprint density at radius 1 is 1.18 bits per heavy atom. The minimum atomic E-state index is -0.772. The summed E-state index contributed by atoms with van der Waals surface area (Å²) in [4.78, 5) is 24.4. The lowest BCUT2D eigenvalue weighted by atomic mass is 9.84. The molecule has 1 saturated heterocycles. The fourth-order valence-electron chi connectivity index (χ4n) is 2.75. The molecule has 3 N–H and O–H groups in total. The molecule has 0 bridgehead atoms. The Kier molecular flexibility index (Phi) is 3.66. The van der Waals surface area contributed by atoms with E-state index in [0.717, 1.165) is 25.7 Å². The van der Waals surface area contributed by atoms with E-state index >= 15 is 0 Å². The van der Waals surface area contributed by atoms with Gasteiger partial charge in [0.05, 0.1) is 6.42 Å². The molecule has 5 heteroatoms. The van der Waals surface area contributed by atoms with Gasteiger partial charge in [0.2, 0.25) is 5.91 Å². The van der Waals surface area contributed by atoms with Crippen molar-refractivity contribution in [3.8, 4) is 0 Å². The summed E-state index contributed by atoms with van der Waals surface area (Å²) in [6.07, 6.45) is 3.82. The molecule has 2 aliphatic rings. The largest absolute Gasteiger partial charge is 0.481 e. The fourth-order valence-corrected chi connectivity index (χ4v) is 2.75. The molecule has 1 saturated carbocycles. The van der Waals surface area contributed by atoms with Crippen LogP contribution < -0.4 is 5.73 Å². The lowest BCUT2D eigenvalue weighted by Gasteiger charge is -2.41. The van der Waals surface area contributed by atoms with Crippen LogP contribution in [0.2, 0.25) is 0 Å². The summed E-state index contributed by atoms with van der Waals surface area (Å²) < 4.78 is 0. The van der Waals surface area contributed by atoms with Crippen molar-refractivity contribution in [2.24, 2.45) is 17.6 Å². The minimum absolute atomic E-state index is 0.126. The Bertz CT molecular complexity index is 305. The standard InChI is InChI=1S/C12H20N2O3/c13-10-3-1-9(2-4-10)12(17)14-6-8(7-14)5-11(15)16/h8-10H,1-7,13H2,(H,15,16). The summed E-state index contributed by atoms with van der Waals surface area (Å²) >= 11 is 0. The first-order valence-electron chi connectivity index (χ1n) is 6.32. The lowest BCUT2D eigenvalue weighted by Crippen LogP contribution is -2.53. The van der Waals surface area contributed by atoms with Crippen molar-refractivity contribution >= 4 is 11.9 Å². The predicted octanol–water partition coefficient (Wildman–Crippen LogP) is 0.437. The van der Waals surface area contributed by atoms with Gasteiger partial charge in [-0.05, 0) is 25.7 Å². The van der Waals surface area contributed by atoms with E-state index in [-0.39, 0.29) is 30.2 Å². The van der Waals surface area contributed by atoms with Crippen molar-refractivity contribution in [3.05, 3.63) is 0 Å². The molecule has 0 aromatic rings. The highest BCUT2D eigenvalue weighted by atomic mass is 16.4. The maximum absolute atomic E-state index is 12.1. The number of rotatable bonds is 3. The zero-order valence-electron chi connectivity index (χ0n) is 9.97. The molecule has 2 rings (SSSR count). The van der Waals surface area contributed by atoms with Crippen molar-refractivity contribution in [3.63, 3.8) is 0 Å². The number of likely N-dealkylation sites (tertiary alicyclic amines) is 1.